The Hall–Kier alpha value is -0.470. The number of benzene rings is 1. The fraction of sp³-hybridized carbons (Fsp3) is 0.625. The van der Waals surface area contributed by atoms with Gasteiger partial charge in [0.2, 0.25) is 0 Å². The molecule has 0 saturated heterocycles. The van der Waals surface area contributed by atoms with Crippen LogP contribution >= 0.6 is 11.8 Å². The van der Waals surface area contributed by atoms with Crippen molar-refractivity contribution in [1.29, 1.82) is 0 Å². The summed E-state index contributed by atoms with van der Waals surface area (Å²) in [5.74, 6) is 1.85. The minimum atomic E-state index is 0.630. The van der Waals surface area contributed by atoms with Crippen molar-refractivity contribution < 1.29 is 0 Å². The van der Waals surface area contributed by atoms with Gasteiger partial charge in [-0.2, -0.15) is 0 Å². The third kappa shape index (κ3) is 5.92. The van der Waals surface area contributed by atoms with Gasteiger partial charge in [-0.25, -0.2) is 0 Å². The molecule has 102 valence electrons. The number of thioether (sulfide) groups is 1. The molecule has 1 nitrogen and oxygen atoms in total. The lowest BCUT2D eigenvalue weighted by molar-refractivity contribution is 0.526. The molecular formula is C16H27NS. The highest BCUT2D eigenvalue weighted by Gasteiger charge is 2.01. The van der Waals surface area contributed by atoms with Crippen LogP contribution in [-0.2, 0) is 0 Å². The SMILES string of the molecule is CCNC(C)CCCSc1ccc(C(C)C)cc1. The standard InChI is InChI=1S/C16H27NS/c1-5-17-14(4)7-6-12-18-16-10-8-15(9-11-16)13(2)3/h8-11,13-14,17H,5-7,12H2,1-4H3. The number of rotatable bonds is 8. The molecule has 0 saturated carbocycles. The average molecular weight is 265 g/mol. The fourth-order valence-corrected chi connectivity index (χ4v) is 2.85. The molecule has 0 fully saturated rings. The molecule has 1 aromatic carbocycles. The summed E-state index contributed by atoms with van der Waals surface area (Å²) in [6.45, 7) is 9.99. The first kappa shape index (κ1) is 15.6. The van der Waals surface area contributed by atoms with Crippen LogP contribution in [0.4, 0.5) is 0 Å². The van der Waals surface area contributed by atoms with Crippen molar-refractivity contribution in [3.8, 4) is 0 Å². The normalized spacial score (nSPS) is 12.9. The van der Waals surface area contributed by atoms with E-state index in [1.54, 1.807) is 0 Å². The Morgan fingerprint density at radius 2 is 1.78 bits per heavy atom. The van der Waals surface area contributed by atoms with E-state index in [2.05, 4.69) is 57.3 Å². The molecule has 1 N–H and O–H groups in total. The van der Waals surface area contributed by atoms with E-state index in [-0.39, 0.29) is 0 Å². The Morgan fingerprint density at radius 3 is 2.33 bits per heavy atom. The summed E-state index contributed by atoms with van der Waals surface area (Å²) in [6.07, 6.45) is 2.55. The molecular weight excluding hydrogens is 238 g/mol. The number of nitrogens with one attached hydrogen (secondary N) is 1. The van der Waals surface area contributed by atoms with Gasteiger partial charge in [0.25, 0.3) is 0 Å². The smallest absolute Gasteiger partial charge is 0.00721 e. The van der Waals surface area contributed by atoms with E-state index >= 15 is 0 Å². The van der Waals surface area contributed by atoms with Crippen LogP contribution in [0.3, 0.4) is 0 Å². The average Bonchev–Trinajstić information content (AvgIpc) is 2.35. The second kappa shape index (κ2) is 8.60. The van der Waals surface area contributed by atoms with Gasteiger partial charge in [0.1, 0.15) is 0 Å². The van der Waals surface area contributed by atoms with E-state index in [1.165, 1.54) is 29.1 Å². The minimum Gasteiger partial charge on any atom is -0.315 e. The van der Waals surface area contributed by atoms with E-state index in [9.17, 15) is 0 Å². The Morgan fingerprint density at radius 1 is 1.11 bits per heavy atom. The fourth-order valence-electron chi connectivity index (χ4n) is 1.98. The summed E-state index contributed by atoms with van der Waals surface area (Å²) in [5.41, 5.74) is 1.43. The molecule has 0 aliphatic rings. The lowest BCUT2D eigenvalue weighted by Crippen LogP contribution is -2.25. The number of hydrogen-bond acceptors (Lipinski definition) is 2. The molecule has 1 atom stereocenters. The zero-order chi connectivity index (χ0) is 13.4. The van der Waals surface area contributed by atoms with Gasteiger partial charge in [-0.1, -0.05) is 32.9 Å². The topological polar surface area (TPSA) is 12.0 Å². The molecule has 0 aliphatic carbocycles. The van der Waals surface area contributed by atoms with Gasteiger partial charge < -0.3 is 5.32 Å². The van der Waals surface area contributed by atoms with Crippen molar-refractivity contribution in [1.82, 2.24) is 5.32 Å². The van der Waals surface area contributed by atoms with E-state index in [1.807, 2.05) is 11.8 Å². The quantitative estimate of drug-likeness (QED) is 0.541. The molecule has 0 aromatic heterocycles. The van der Waals surface area contributed by atoms with Crippen molar-refractivity contribution in [3.05, 3.63) is 29.8 Å². The molecule has 0 spiro atoms. The van der Waals surface area contributed by atoms with Gasteiger partial charge >= 0.3 is 0 Å². The minimum absolute atomic E-state index is 0.630. The first-order valence-corrected chi connectivity index (χ1v) is 8.08. The highest BCUT2D eigenvalue weighted by atomic mass is 32.2. The lowest BCUT2D eigenvalue weighted by atomic mass is 10.0. The Labute approximate surface area is 117 Å². The predicted octanol–water partition coefficient (Wildman–Crippen LogP) is 4.68. The maximum atomic E-state index is 3.45. The first-order valence-electron chi connectivity index (χ1n) is 7.09. The molecule has 18 heavy (non-hydrogen) atoms. The summed E-state index contributed by atoms with van der Waals surface area (Å²) < 4.78 is 0. The second-order valence-corrected chi connectivity index (χ2v) is 6.34. The van der Waals surface area contributed by atoms with Crippen molar-refractivity contribution in [2.24, 2.45) is 0 Å². The Bertz CT molecular complexity index is 318. The lowest BCUT2D eigenvalue weighted by Gasteiger charge is -2.11. The van der Waals surface area contributed by atoms with Crippen LogP contribution in [0.25, 0.3) is 0 Å². The van der Waals surface area contributed by atoms with Crippen molar-refractivity contribution in [2.45, 2.75) is 57.4 Å². The monoisotopic (exact) mass is 265 g/mol. The maximum absolute atomic E-state index is 3.45. The van der Waals surface area contributed by atoms with Crippen LogP contribution in [0.5, 0.6) is 0 Å². The number of hydrogen-bond donors (Lipinski definition) is 1. The summed E-state index contributed by atoms with van der Waals surface area (Å²) >= 11 is 1.97. The Kier molecular flexibility index (Phi) is 7.45. The van der Waals surface area contributed by atoms with Gasteiger partial charge in [-0.3, -0.25) is 0 Å². The first-order chi connectivity index (χ1) is 8.63. The highest BCUT2D eigenvalue weighted by molar-refractivity contribution is 7.99. The van der Waals surface area contributed by atoms with Crippen LogP contribution < -0.4 is 5.32 Å². The molecule has 0 aliphatic heterocycles. The van der Waals surface area contributed by atoms with Gasteiger partial charge in [-0.15, -0.1) is 11.8 Å². The van der Waals surface area contributed by atoms with Crippen molar-refractivity contribution >= 4 is 11.8 Å². The third-order valence-electron chi connectivity index (χ3n) is 3.15. The molecule has 1 unspecified atom stereocenters. The van der Waals surface area contributed by atoms with Crippen LogP contribution in [0.15, 0.2) is 29.2 Å². The van der Waals surface area contributed by atoms with Gasteiger partial charge in [0.15, 0.2) is 0 Å². The molecule has 0 amide bonds. The van der Waals surface area contributed by atoms with Crippen LogP contribution in [0.1, 0.15) is 52.0 Å². The van der Waals surface area contributed by atoms with Gasteiger partial charge in [-0.05, 0) is 55.7 Å². The molecule has 2 heteroatoms. The van der Waals surface area contributed by atoms with Gasteiger partial charge in [0, 0.05) is 10.9 Å². The zero-order valence-corrected chi connectivity index (χ0v) is 13.0. The summed E-state index contributed by atoms with van der Waals surface area (Å²) in [7, 11) is 0. The van der Waals surface area contributed by atoms with Crippen LogP contribution in [0.2, 0.25) is 0 Å². The van der Waals surface area contributed by atoms with Crippen molar-refractivity contribution in [3.63, 3.8) is 0 Å². The summed E-state index contributed by atoms with van der Waals surface area (Å²) in [4.78, 5) is 1.40. The summed E-state index contributed by atoms with van der Waals surface area (Å²) in [6, 6.07) is 9.68. The predicted molar refractivity (Wildman–Crippen MR) is 83.6 cm³/mol. The summed E-state index contributed by atoms with van der Waals surface area (Å²) in [5, 5.41) is 3.45. The van der Waals surface area contributed by atoms with Gasteiger partial charge in [0.05, 0.1) is 0 Å². The second-order valence-electron chi connectivity index (χ2n) is 5.17. The maximum Gasteiger partial charge on any atom is 0.00721 e. The van der Waals surface area contributed by atoms with Crippen molar-refractivity contribution in [2.75, 3.05) is 12.3 Å². The molecule has 1 aromatic rings. The molecule has 0 bridgehead atoms. The molecule has 1 rings (SSSR count). The van der Waals surface area contributed by atoms with E-state index < -0.39 is 0 Å². The third-order valence-corrected chi connectivity index (χ3v) is 4.25. The molecule has 0 radical (unpaired) electrons. The largest absolute Gasteiger partial charge is 0.315 e. The molecule has 0 heterocycles. The van der Waals surface area contributed by atoms with E-state index in [4.69, 9.17) is 0 Å². The zero-order valence-electron chi connectivity index (χ0n) is 12.2. The van der Waals surface area contributed by atoms with E-state index in [0.29, 0.717) is 12.0 Å². The van der Waals surface area contributed by atoms with Crippen LogP contribution in [-0.4, -0.2) is 18.3 Å². The van der Waals surface area contributed by atoms with E-state index in [0.717, 1.165) is 6.54 Å². The highest BCUT2D eigenvalue weighted by Crippen LogP contribution is 2.22. The van der Waals surface area contributed by atoms with Crippen LogP contribution in [0, 0.1) is 0 Å². The Balaban J connectivity index is 2.23.